The van der Waals surface area contributed by atoms with Crippen molar-refractivity contribution >= 4 is 15.7 Å². The van der Waals surface area contributed by atoms with Gasteiger partial charge in [-0.25, -0.2) is 8.42 Å². The minimum atomic E-state index is -4.60. The smallest absolute Gasteiger partial charge is 0.353 e. The molecule has 1 aromatic rings. The molecule has 2 fully saturated rings. The van der Waals surface area contributed by atoms with E-state index in [2.05, 4.69) is 5.32 Å². The molecule has 5 nitrogen and oxygen atoms in total. The molecule has 3 N–H and O–H groups in total. The number of hydrogen-bond acceptors (Lipinski definition) is 4. The van der Waals surface area contributed by atoms with Crippen molar-refractivity contribution in [3.8, 4) is 0 Å². The van der Waals surface area contributed by atoms with E-state index >= 15 is 0 Å². The molecule has 9 heteroatoms. The van der Waals surface area contributed by atoms with Crippen molar-refractivity contribution in [3.63, 3.8) is 0 Å². The summed E-state index contributed by atoms with van der Waals surface area (Å²) in [4.78, 5) is 12.2. The normalized spacial score (nSPS) is 27.4. The van der Waals surface area contributed by atoms with Crippen molar-refractivity contribution in [2.24, 2.45) is 17.6 Å². The molecule has 2 aliphatic rings. The lowest BCUT2D eigenvalue weighted by Gasteiger charge is -2.41. The summed E-state index contributed by atoms with van der Waals surface area (Å²) in [5.74, 6) is -0.0991. The van der Waals surface area contributed by atoms with E-state index in [0.29, 0.717) is 25.3 Å². The molecule has 2 atom stereocenters. The lowest BCUT2D eigenvalue weighted by molar-refractivity contribution is -0.137. The monoisotopic (exact) mass is 460 g/mol. The third kappa shape index (κ3) is 5.25. The van der Waals surface area contributed by atoms with E-state index in [4.69, 9.17) is 5.73 Å². The first-order chi connectivity index (χ1) is 14.3. The molecule has 174 valence electrons. The predicted molar refractivity (Wildman–Crippen MR) is 112 cm³/mol. The molecule has 2 saturated carbocycles. The molecule has 0 spiro atoms. The molecule has 31 heavy (non-hydrogen) atoms. The van der Waals surface area contributed by atoms with Crippen LogP contribution in [0.25, 0.3) is 0 Å². The Hall–Kier alpha value is -1.61. The summed E-state index contributed by atoms with van der Waals surface area (Å²) in [6.45, 7) is 3.10. The van der Waals surface area contributed by atoms with Gasteiger partial charge in [-0.3, -0.25) is 4.79 Å². The van der Waals surface area contributed by atoms with Crippen molar-refractivity contribution < 1.29 is 26.4 Å². The van der Waals surface area contributed by atoms with Gasteiger partial charge in [-0.05, 0) is 70.1 Å². The number of sulfone groups is 1. The maximum atomic E-state index is 13.1. The van der Waals surface area contributed by atoms with Crippen LogP contribution in [0.4, 0.5) is 13.2 Å². The van der Waals surface area contributed by atoms with Crippen LogP contribution in [0.15, 0.2) is 29.2 Å². The molecule has 0 unspecified atom stereocenters. The second-order valence-corrected chi connectivity index (χ2v) is 12.2. The summed E-state index contributed by atoms with van der Waals surface area (Å²) in [6.07, 6.45) is 0.742. The Morgan fingerprint density at radius 2 is 1.81 bits per heavy atom. The molecular weight excluding hydrogens is 429 g/mol. The highest BCUT2D eigenvalue weighted by Crippen LogP contribution is 2.40. The fraction of sp³-hybridized carbons (Fsp3) is 0.682. The SMILES string of the molecule is CC(C)(CC1CC(NC(=O)[C@H]2CCCC[C@@H]2N)C1)S(=O)(=O)c1cccc(C(F)(F)F)c1. The molecule has 0 saturated heterocycles. The Balaban J connectivity index is 1.58. The van der Waals surface area contributed by atoms with Crippen molar-refractivity contribution in [2.75, 3.05) is 0 Å². The fourth-order valence-electron chi connectivity index (χ4n) is 4.78. The maximum absolute atomic E-state index is 13.1. The van der Waals surface area contributed by atoms with Gasteiger partial charge >= 0.3 is 6.18 Å². The van der Waals surface area contributed by atoms with Gasteiger partial charge in [0.1, 0.15) is 0 Å². The molecule has 0 bridgehead atoms. The Morgan fingerprint density at radius 1 is 1.16 bits per heavy atom. The van der Waals surface area contributed by atoms with E-state index in [9.17, 15) is 26.4 Å². The average molecular weight is 461 g/mol. The molecule has 0 aromatic heterocycles. The van der Waals surface area contributed by atoms with Crippen LogP contribution in [0.1, 0.15) is 64.4 Å². The highest BCUT2D eigenvalue weighted by Gasteiger charge is 2.43. The van der Waals surface area contributed by atoms with Gasteiger partial charge < -0.3 is 11.1 Å². The molecule has 0 aliphatic heterocycles. The Bertz CT molecular complexity index is 909. The first-order valence-electron chi connectivity index (χ1n) is 10.8. The van der Waals surface area contributed by atoms with Gasteiger partial charge in [-0.1, -0.05) is 18.9 Å². The Labute approximate surface area is 181 Å². The third-order valence-electron chi connectivity index (χ3n) is 6.72. The van der Waals surface area contributed by atoms with Gasteiger partial charge in [0.15, 0.2) is 9.84 Å². The van der Waals surface area contributed by atoms with E-state index in [1.807, 2.05) is 0 Å². The quantitative estimate of drug-likeness (QED) is 0.670. The number of amides is 1. The highest BCUT2D eigenvalue weighted by molar-refractivity contribution is 7.92. The van der Waals surface area contributed by atoms with Crippen LogP contribution in [0.5, 0.6) is 0 Å². The maximum Gasteiger partial charge on any atom is 0.416 e. The topological polar surface area (TPSA) is 89.3 Å². The summed E-state index contributed by atoms with van der Waals surface area (Å²) in [5.41, 5.74) is 5.09. The number of nitrogens with two attached hydrogens (primary N) is 1. The molecule has 0 radical (unpaired) electrons. The number of rotatable bonds is 6. The second-order valence-electron chi connectivity index (χ2n) is 9.59. The van der Waals surface area contributed by atoms with Crippen molar-refractivity contribution in [3.05, 3.63) is 29.8 Å². The Morgan fingerprint density at radius 3 is 2.42 bits per heavy atom. The molecule has 3 rings (SSSR count). The second kappa shape index (κ2) is 8.73. The van der Waals surface area contributed by atoms with Gasteiger partial charge in [0.25, 0.3) is 0 Å². The summed E-state index contributed by atoms with van der Waals surface area (Å²) in [7, 11) is -3.96. The third-order valence-corrected chi connectivity index (χ3v) is 9.21. The van der Waals surface area contributed by atoms with Crippen LogP contribution in [0.3, 0.4) is 0 Å². The molecule has 1 amide bonds. The zero-order chi connectivity index (χ0) is 23.0. The van der Waals surface area contributed by atoms with Crippen LogP contribution >= 0.6 is 0 Å². The minimum absolute atomic E-state index is 0.00121. The van der Waals surface area contributed by atoms with E-state index < -0.39 is 26.3 Å². The number of carbonyl (C=O) groups excluding carboxylic acids is 1. The zero-order valence-corrected chi connectivity index (χ0v) is 18.7. The minimum Gasteiger partial charge on any atom is -0.353 e. The number of halogens is 3. The van der Waals surface area contributed by atoms with Crippen molar-refractivity contribution in [1.29, 1.82) is 0 Å². The van der Waals surface area contributed by atoms with Crippen LogP contribution in [-0.2, 0) is 20.8 Å². The number of hydrogen-bond donors (Lipinski definition) is 2. The van der Waals surface area contributed by atoms with Crippen molar-refractivity contribution in [1.82, 2.24) is 5.32 Å². The summed E-state index contributed by atoms with van der Waals surface area (Å²) < 4.78 is 63.9. The first-order valence-corrected chi connectivity index (χ1v) is 12.3. The zero-order valence-electron chi connectivity index (χ0n) is 17.9. The number of nitrogens with one attached hydrogen (secondary N) is 1. The van der Waals surface area contributed by atoms with Gasteiger partial charge in [0.05, 0.1) is 21.1 Å². The summed E-state index contributed by atoms with van der Waals surface area (Å²) in [6, 6.07) is 3.79. The van der Waals surface area contributed by atoms with Crippen LogP contribution in [0, 0.1) is 11.8 Å². The molecule has 1 aromatic carbocycles. The summed E-state index contributed by atoms with van der Waals surface area (Å²) in [5, 5.41) is 3.03. The predicted octanol–water partition coefficient (Wildman–Crippen LogP) is 4.06. The first kappa shape index (κ1) is 24.0. The Kier molecular flexibility index (Phi) is 6.77. The number of benzene rings is 1. The van der Waals surface area contributed by atoms with Gasteiger partial charge in [-0.15, -0.1) is 0 Å². The van der Waals surface area contributed by atoms with E-state index in [1.165, 1.54) is 6.07 Å². The standard InChI is InChI=1S/C22H31F3N2O3S/c1-21(2,31(29,30)17-7-5-6-15(12-17)22(23,24)25)13-14-10-16(11-14)27-20(28)18-8-3-4-9-19(18)26/h5-7,12,14,16,18-19H,3-4,8-11,13,26H2,1-2H3,(H,27,28)/t14?,16?,18-,19-/m0/s1. The van der Waals surface area contributed by atoms with E-state index in [1.54, 1.807) is 13.8 Å². The highest BCUT2D eigenvalue weighted by atomic mass is 32.2. The molecular formula is C22H31F3N2O3S. The van der Waals surface area contributed by atoms with Crippen LogP contribution in [0.2, 0.25) is 0 Å². The summed E-state index contributed by atoms with van der Waals surface area (Å²) >= 11 is 0. The lowest BCUT2D eigenvalue weighted by Crippen LogP contribution is -2.51. The van der Waals surface area contributed by atoms with Gasteiger partial charge in [0, 0.05) is 12.1 Å². The lowest BCUT2D eigenvalue weighted by atomic mass is 9.75. The van der Waals surface area contributed by atoms with Crippen LogP contribution in [-0.4, -0.2) is 31.2 Å². The number of carbonyl (C=O) groups is 1. The molecule has 2 aliphatic carbocycles. The average Bonchev–Trinajstić information content (AvgIpc) is 2.65. The van der Waals surface area contributed by atoms with Gasteiger partial charge in [-0.2, -0.15) is 13.2 Å². The fourth-order valence-corrected chi connectivity index (χ4v) is 6.41. The largest absolute Gasteiger partial charge is 0.416 e. The molecule has 0 heterocycles. The number of alkyl halides is 3. The van der Waals surface area contributed by atoms with E-state index in [-0.39, 0.29) is 34.7 Å². The van der Waals surface area contributed by atoms with Crippen molar-refractivity contribution in [2.45, 2.75) is 86.7 Å². The van der Waals surface area contributed by atoms with Gasteiger partial charge in [0.2, 0.25) is 5.91 Å². The van der Waals surface area contributed by atoms with Crippen LogP contribution < -0.4 is 11.1 Å². The van der Waals surface area contributed by atoms with E-state index in [0.717, 1.165) is 37.8 Å².